The van der Waals surface area contributed by atoms with E-state index < -0.39 is 0 Å². The number of nitrogens with zero attached hydrogens (tertiary/aromatic N) is 2. The maximum atomic E-state index is 5.22. The average molecular weight is 265 g/mol. The molecule has 2 aromatic heterocycles. The van der Waals surface area contributed by atoms with Crippen LogP contribution in [0, 0.1) is 13.8 Å². The number of rotatable bonds is 4. The van der Waals surface area contributed by atoms with Gasteiger partial charge < -0.3 is 10.1 Å². The number of thiophene rings is 1. The minimum atomic E-state index is -0.154. The third-order valence-corrected chi connectivity index (χ3v) is 4.04. The quantitative estimate of drug-likeness (QED) is 0.922. The molecule has 0 aromatic carbocycles. The molecule has 2 heterocycles. The van der Waals surface area contributed by atoms with E-state index in [4.69, 9.17) is 4.74 Å². The number of fused-ring (bicyclic) bond motifs is 1. The fraction of sp³-hybridized carbons (Fsp3) is 0.538. The Morgan fingerprint density at radius 1 is 1.33 bits per heavy atom. The molecule has 98 valence electrons. The molecule has 4 nitrogen and oxygen atoms in total. The maximum Gasteiger partial charge on any atom is 0.138 e. The molecule has 0 saturated carbocycles. The second-order valence-electron chi connectivity index (χ2n) is 5.13. The number of aryl methyl sites for hydroxylation is 2. The third kappa shape index (κ3) is 2.47. The van der Waals surface area contributed by atoms with Crippen molar-refractivity contribution >= 4 is 27.4 Å². The lowest BCUT2D eigenvalue weighted by Gasteiger charge is -2.26. The Labute approximate surface area is 111 Å². The van der Waals surface area contributed by atoms with Crippen LogP contribution in [-0.2, 0) is 4.74 Å². The van der Waals surface area contributed by atoms with Crippen LogP contribution in [0.5, 0.6) is 0 Å². The summed E-state index contributed by atoms with van der Waals surface area (Å²) in [5.41, 5.74) is 1.10. The number of ether oxygens (including phenoxy) is 1. The fourth-order valence-electron chi connectivity index (χ4n) is 1.99. The van der Waals surface area contributed by atoms with Crippen molar-refractivity contribution in [1.29, 1.82) is 0 Å². The molecule has 0 bridgehead atoms. The van der Waals surface area contributed by atoms with Gasteiger partial charge in [0, 0.05) is 12.0 Å². The number of methoxy groups -OCH3 is 1. The van der Waals surface area contributed by atoms with Crippen molar-refractivity contribution in [2.45, 2.75) is 33.2 Å². The summed E-state index contributed by atoms with van der Waals surface area (Å²) in [6.07, 6.45) is 1.61. The summed E-state index contributed by atoms with van der Waals surface area (Å²) in [4.78, 5) is 11.0. The monoisotopic (exact) mass is 265 g/mol. The van der Waals surface area contributed by atoms with Crippen molar-refractivity contribution in [1.82, 2.24) is 9.97 Å². The van der Waals surface area contributed by atoms with Gasteiger partial charge in [-0.15, -0.1) is 11.3 Å². The highest BCUT2D eigenvalue weighted by molar-refractivity contribution is 7.18. The minimum Gasteiger partial charge on any atom is -0.382 e. The zero-order chi connectivity index (χ0) is 13.3. The first-order valence-corrected chi connectivity index (χ1v) is 6.74. The summed E-state index contributed by atoms with van der Waals surface area (Å²) >= 11 is 1.71. The Morgan fingerprint density at radius 2 is 2.06 bits per heavy atom. The Morgan fingerprint density at radius 3 is 2.72 bits per heavy atom. The lowest BCUT2D eigenvalue weighted by atomic mass is 10.1. The molecule has 0 radical (unpaired) electrons. The topological polar surface area (TPSA) is 47.0 Å². The summed E-state index contributed by atoms with van der Waals surface area (Å²) in [5, 5.41) is 4.58. The van der Waals surface area contributed by atoms with Crippen LogP contribution >= 0.6 is 11.3 Å². The summed E-state index contributed by atoms with van der Waals surface area (Å²) in [7, 11) is 1.71. The molecule has 18 heavy (non-hydrogen) atoms. The average Bonchev–Trinajstić information content (AvgIpc) is 2.55. The second kappa shape index (κ2) is 4.82. The molecule has 0 aliphatic heterocycles. The Balaban J connectivity index is 2.45. The van der Waals surface area contributed by atoms with Gasteiger partial charge in [0.25, 0.3) is 0 Å². The van der Waals surface area contributed by atoms with Crippen LogP contribution < -0.4 is 5.32 Å². The van der Waals surface area contributed by atoms with Gasteiger partial charge >= 0.3 is 0 Å². The molecule has 0 atom stereocenters. The van der Waals surface area contributed by atoms with E-state index in [0.717, 1.165) is 16.0 Å². The normalized spacial score (nSPS) is 12.1. The lowest BCUT2D eigenvalue weighted by Crippen LogP contribution is -2.36. The maximum absolute atomic E-state index is 5.22. The molecule has 0 saturated heterocycles. The van der Waals surface area contributed by atoms with Gasteiger partial charge in [-0.25, -0.2) is 9.97 Å². The summed E-state index contributed by atoms with van der Waals surface area (Å²) < 4.78 is 5.22. The van der Waals surface area contributed by atoms with Gasteiger partial charge in [-0.3, -0.25) is 0 Å². The van der Waals surface area contributed by atoms with Crippen molar-refractivity contribution in [3.63, 3.8) is 0 Å². The highest BCUT2D eigenvalue weighted by Crippen LogP contribution is 2.33. The molecule has 0 spiro atoms. The Kier molecular flexibility index (Phi) is 3.54. The van der Waals surface area contributed by atoms with Gasteiger partial charge in [0.2, 0.25) is 0 Å². The molecular formula is C13H19N3OS. The number of nitrogens with one attached hydrogen (secondary N) is 1. The number of anilines is 1. The SMILES string of the molecule is COCC(C)(C)Nc1ncnc2sc(C)c(C)c12. The highest BCUT2D eigenvalue weighted by Gasteiger charge is 2.20. The second-order valence-corrected chi connectivity index (χ2v) is 6.33. The fourth-order valence-corrected chi connectivity index (χ4v) is 2.99. The van der Waals surface area contributed by atoms with Crippen LogP contribution in [0.4, 0.5) is 5.82 Å². The van der Waals surface area contributed by atoms with E-state index in [1.165, 1.54) is 10.4 Å². The number of aromatic nitrogens is 2. The van der Waals surface area contributed by atoms with Crippen LogP contribution in [-0.4, -0.2) is 29.2 Å². The van der Waals surface area contributed by atoms with Gasteiger partial charge in [-0.2, -0.15) is 0 Å². The van der Waals surface area contributed by atoms with Crippen LogP contribution in [0.25, 0.3) is 10.2 Å². The van der Waals surface area contributed by atoms with Crippen molar-refractivity contribution in [2.75, 3.05) is 19.0 Å². The predicted molar refractivity (Wildman–Crippen MR) is 76.5 cm³/mol. The van der Waals surface area contributed by atoms with Crippen LogP contribution in [0.2, 0.25) is 0 Å². The first-order chi connectivity index (χ1) is 8.44. The van der Waals surface area contributed by atoms with Gasteiger partial charge in [0.1, 0.15) is 17.0 Å². The molecule has 2 aromatic rings. The molecule has 0 amide bonds. The Hall–Kier alpha value is -1.20. The van der Waals surface area contributed by atoms with Crippen LogP contribution in [0.15, 0.2) is 6.33 Å². The smallest absolute Gasteiger partial charge is 0.138 e. The van der Waals surface area contributed by atoms with Crippen LogP contribution in [0.1, 0.15) is 24.3 Å². The molecule has 1 N–H and O–H groups in total. The molecule has 0 aliphatic rings. The van der Waals surface area contributed by atoms with E-state index >= 15 is 0 Å². The lowest BCUT2D eigenvalue weighted by molar-refractivity contribution is 0.158. The van der Waals surface area contributed by atoms with Crippen molar-refractivity contribution in [3.05, 3.63) is 16.8 Å². The van der Waals surface area contributed by atoms with Gasteiger partial charge in [0.05, 0.1) is 17.5 Å². The largest absolute Gasteiger partial charge is 0.382 e. The van der Waals surface area contributed by atoms with E-state index in [9.17, 15) is 0 Å². The van der Waals surface area contributed by atoms with Gasteiger partial charge in [-0.05, 0) is 33.3 Å². The highest BCUT2D eigenvalue weighted by atomic mass is 32.1. The molecule has 0 fully saturated rings. The number of hydrogen-bond acceptors (Lipinski definition) is 5. The van der Waals surface area contributed by atoms with E-state index in [1.54, 1.807) is 24.8 Å². The van der Waals surface area contributed by atoms with Crippen molar-refractivity contribution in [2.24, 2.45) is 0 Å². The Bertz CT molecular complexity index is 563. The first kappa shape index (κ1) is 13.2. The third-order valence-electron chi connectivity index (χ3n) is 2.93. The zero-order valence-electron chi connectivity index (χ0n) is 11.5. The van der Waals surface area contributed by atoms with E-state index in [-0.39, 0.29) is 5.54 Å². The zero-order valence-corrected chi connectivity index (χ0v) is 12.3. The minimum absolute atomic E-state index is 0.154. The number of hydrogen-bond donors (Lipinski definition) is 1. The molecule has 5 heteroatoms. The first-order valence-electron chi connectivity index (χ1n) is 5.92. The summed E-state index contributed by atoms with van der Waals surface area (Å²) in [6, 6.07) is 0. The summed E-state index contributed by atoms with van der Waals surface area (Å²) in [6.45, 7) is 9.05. The molecule has 0 unspecified atom stereocenters. The van der Waals surface area contributed by atoms with E-state index in [0.29, 0.717) is 6.61 Å². The standard InChI is InChI=1S/C13H19N3OS/c1-8-9(2)18-12-10(8)11(14-7-15-12)16-13(3,4)6-17-5/h7H,6H2,1-5H3,(H,14,15,16). The van der Waals surface area contributed by atoms with Gasteiger partial charge in [-0.1, -0.05) is 0 Å². The summed E-state index contributed by atoms with van der Waals surface area (Å²) in [5.74, 6) is 0.893. The van der Waals surface area contributed by atoms with Gasteiger partial charge in [0.15, 0.2) is 0 Å². The predicted octanol–water partition coefficient (Wildman–Crippen LogP) is 3.15. The molecule has 2 rings (SSSR count). The van der Waals surface area contributed by atoms with Crippen molar-refractivity contribution in [3.8, 4) is 0 Å². The van der Waals surface area contributed by atoms with Crippen molar-refractivity contribution < 1.29 is 4.74 Å². The molecule has 0 aliphatic carbocycles. The molecular weight excluding hydrogens is 246 g/mol. The van der Waals surface area contributed by atoms with Crippen LogP contribution in [0.3, 0.4) is 0 Å². The van der Waals surface area contributed by atoms with E-state index in [2.05, 4.69) is 43.0 Å². The van der Waals surface area contributed by atoms with E-state index in [1.807, 2.05) is 0 Å².